The number of nitrogens with zero attached hydrogens (tertiary/aromatic N) is 1. The SMILES string of the molecule is Cc1ccc2oc(C(=O)Nc3ccc4c(c3)N(C)C(=O)CO4)c(C)c2c1. The number of aryl methyl sites for hydroxylation is 2. The number of furan rings is 1. The molecule has 1 aliphatic rings. The van der Waals surface area contributed by atoms with Gasteiger partial charge in [-0.15, -0.1) is 0 Å². The first-order valence-corrected chi connectivity index (χ1v) is 8.28. The van der Waals surface area contributed by atoms with Gasteiger partial charge in [-0.3, -0.25) is 9.59 Å². The van der Waals surface area contributed by atoms with Crippen LogP contribution in [0.5, 0.6) is 5.75 Å². The van der Waals surface area contributed by atoms with Crippen molar-refractivity contribution in [3.8, 4) is 5.75 Å². The molecule has 0 saturated carbocycles. The lowest BCUT2D eigenvalue weighted by Gasteiger charge is -2.26. The van der Waals surface area contributed by atoms with E-state index in [-0.39, 0.29) is 24.2 Å². The maximum Gasteiger partial charge on any atom is 0.291 e. The first kappa shape index (κ1) is 16.2. The van der Waals surface area contributed by atoms with Gasteiger partial charge in [0.25, 0.3) is 11.8 Å². The molecule has 2 amide bonds. The Balaban J connectivity index is 1.65. The molecule has 26 heavy (non-hydrogen) atoms. The van der Waals surface area contributed by atoms with Crippen LogP contribution in [0.15, 0.2) is 40.8 Å². The van der Waals surface area contributed by atoms with Crippen LogP contribution in [0.4, 0.5) is 11.4 Å². The predicted octanol–water partition coefficient (Wildman–Crippen LogP) is 3.66. The maximum atomic E-state index is 12.7. The van der Waals surface area contributed by atoms with Gasteiger partial charge in [0.05, 0.1) is 5.69 Å². The Kier molecular flexibility index (Phi) is 3.68. The molecule has 6 heteroatoms. The summed E-state index contributed by atoms with van der Waals surface area (Å²) in [6.45, 7) is 3.89. The lowest BCUT2D eigenvalue weighted by atomic mass is 10.1. The molecule has 3 aromatic rings. The first-order valence-electron chi connectivity index (χ1n) is 8.28. The number of nitrogens with one attached hydrogen (secondary N) is 1. The van der Waals surface area contributed by atoms with Crippen LogP contribution in [-0.4, -0.2) is 25.5 Å². The summed E-state index contributed by atoms with van der Waals surface area (Å²) in [5.41, 5.74) is 3.78. The number of likely N-dealkylation sites (N-methyl/N-ethyl adjacent to an activating group) is 1. The zero-order valence-electron chi connectivity index (χ0n) is 14.8. The highest BCUT2D eigenvalue weighted by Gasteiger charge is 2.23. The minimum atomic E-state index is -0.331. The maximum absolute atomic E-state index is 12.7. The van der Waals surface area contributed by atoms with Gasteiger partial charge >= 0.3 is 0 Å². The lowest BCUT2D eigenvalue weighted by molar-refractivity contribution is -0.120. The van der Waals surface area contributed by atoms with Gasteiger partial charge in [-0.05, 0) is 44.2 Å². The van der Waals surface area contributed by atoms with E-state index in [9.17, 15) is 9.59 Å². The molecule has 2 aromatic carbocycles. The molecular formula is C20H18N2O4. The minimum Gasteiger partial charge on any atom is -0.482 e. The molecule has 6 nitrogen and oxygen atoms in total. The smallest absolute Gasteiger partial charge is 0.291 e. The zero-order valence-corrected chi connectivity index (χ0v) is 14.8. The number of hydrogen-bond donors (Lipinski definition) is 1. The van der Waals surface area contributed by atoms with E-state index >= 15 is 0 Å². The first-order chi connectivity index (χ1) is 12.4. The van der Waals surface area contributed by atoms with Crippen molar-refractivity contribution >= 4 is 34.2 Å². The normalized spacial score (nSPS) is 13.5. The second-order valence-corrected chi connectivity index (χ2v) is 6.43. The Morgan fingerprint density at radius 3 is 2.77 bits per heavy atom. The van der Waals surface area contributed by atoms with Crippen LogP contribution in [0, 0.1) is 13.8 Å². The highest BCUT2D eigenvalue weighted by Crippen LogP contribution is 2.34. The second kappa shape index (κ2) is 5.91. The zero-order chi connectivity index (χ0) is 18.4. The highest BCUT2D eigenvalue weighted by molar-refractivity contribution is 6.07. The van der Waals surface area contributed by atoms with E-state index in [4.69, 9.17) is 9.15 Å². The summed E-state index contributed by atoms with van der Waals surface area (Å²) in [4.78, 5) is 26.0. The van der Waals surface area contributed by atoms with Crippen LogP contribution in [0.25, 0.3) is 11.0 Å². The number of rotatable bonds is 2. The number of carbonyl (C=O) groups excluding carboxylic acids is 2. The third-order valence-corrected chi connectivity index (χ3v) is 4.60. The quantitative estimate of drug-likeness (QED) is 0.766. The Labute approximate surface area is 150 Å². The van der Waals surface area contributed by atoms with Gasteiger partial charge in [-0.25, -0.2) is 0 Å². The Morgan fingerprint density at radius 2 is 1.96 bits per heavy atom. The van der Waals surface area contributed by atoms with Crippen LogP contribution >= 0.6 is 0 Å². The van der Waals surface area contributed by atoms with Crippen LogP contribution < -0.4 is 15.0 Å². The summed E-state index contributed by atoms with van der Waals surface area (Å²) < 4.78 is 11.1. The third-order valence-electron chi connectivity index (χ3n) is 4.60. The Bertz CT molecular complexity index is 1050. The summed E-state index contributed by atoms with van der Waals surface area (Å²) in [5, 5.41) is 3.76. The number of benzene rings is 2. The van der Waals surface area contributed by atoms with Crippen molar-refractivity contribution in [2.45, 2.75) is 13.8 Å². The molecule has 1 N–H and O–H groups in total. The molecule has 0 spiro atoms. The van der Waals surface area contributed by atoms with Crippen molar-refractivity contribution in [2.24, 2.45) is 0 Å². The third kappa shape index (κ3) is 2.60. The average molecular weight is 350 g/mol. The van der Waals surface area contributed by atoms with E-state index in [1.807, 2.05) is 32.0 Å². The van der Waals surface area contributed by atoms with Crippen molar-refractivity contribution in [3.63, 3.8) is 0 Å². The molecular weight excluding hydrogens is 332 g/mol. The van der Waals surface area contributed by atoms with E-state index < -0.39 is 0 Å². The Hall–Kier alpha value is -3.28. The van der Waals surface area contributed by atoms with E-state index in [0.717, 1.165) is 16.5 Å². The number of ether oxygens (including phenoxy) is 1. The molecule has 4 rings (SSSR count). The van der Waals surface area contributed by atoms with Crippen molar-refractivity contribution in [1.82, 2.24) is 0 Å². The van der Waals surface area contributed by atoms with Gasteiger partial charge in [0.2, 0.25) is 0 Å². The summed E-state index contributed by atoms with van der Waals surface area (Å²) in [7, 11) is 1.68. The fraction of sp³-hybridized carbons (Fsp3) is 0.200. The van der Waals surface area contributed by atoms with Crippen LogP contribution in [0.1, 0.15) is 21.7 Å². The molecule has 132 valence electrons. The van der Waals surface area contributed by atoms with Gasteiger partial charge < -0.3 is 19.4 Å². The van der Waals surface area contributed by atoms with Crippen molar-refractivity contribution < 1.29 is 18.7 Å². The summed E-state index contributed by atoms with van der Waals surface area (Å²) in [5.74, 6) is 0.427. The van der Waals surface area contributed by atoms with Crippen LogP contribution in [0.3, 0.4) is 0 Å². The summed E-state index contributed by atoms with van der Waals surface area (Å²) in [6, 6.07) is 11.0. The number of hydrogen-bond acceptors (Lipinski definition) is 4. The molecule has 0 aliphatic carbocycles. The fourth-order valence-corrected chi connectivity index (χ4v) is 3.09. The molecule has 0 saturated heterocycles. The van der Waals surface area contributed by atoms with E-state index in [1.54, 1.807) is 25.2 Å². The summed E-state index contributed by atoms with van der Waals surface area (Å²) in [6.07, 6.45) is 0. The van der Waals surface area contributed by atoms with Gasteiger partial charge in [0.15, 0.2) is 12.4 Å². The minimum absolute atomic E-state index is 0.0206. The van der Waals surface area contributed by atoms with Crippen molar-refractivity contribution in [3.05, 3.63) is 53.3 Å². The van der Waals surface area contributed by atoms with E-state index in [2.05, 4.69) is 5.32 Å². The van der Waals surface area contributed by atoms with Crippen LogP contribution in [-0.2, 0) is 4.79 Å². The van der Waals surface area contributed by atoms with Crippen molar-refractivity contribution in [2.75, 3.05) is 23.9 Å². The second-order valence-electron chi connectivity index (χ2n) is 6.43. The molecule has 0 radical (unpaired) electrons. The monoisotopic (exact) mass is 350 g/mol. The fourth-order valence-electron chi connectivity index (χ4n) is 3.09. The van der Waals surface area contributed by atoms with Gasteiger partial charge in [0.1, 0.15) is 11.3 Å². The number of carbonyl (C=O) groups is 2. The molecule has 0 unspecified atom stereocenters. The number of anilines is 2. The van der Waals surface area contributed by atoms with Crippen LogP contribution in [0.2, 0.25) is 0 Å². The highest BCUT2D eigenvalue weighted by atomic mass is 16.5. The average Bonchev–Trinajstić information content (AvgIpc) is 2.95. The topological polar surface area (TPSA) is 71.8 Å². The molecule has 1 aliphatic heterocycles. The molecule has 0 fully saturated rings. The Morgan fingerprint density at radius 1 is 1.15 bits per heavy atom. The molecule has 2 heterocycles. The summed E-state index contributed by atoms with van der Waals surface area (Å²) >= 11 is 0. The largest absolute Gasteiger partial charge is 0.482 e. The van der Waals surface area contributed by atoms with Gasteiger partial charge in [-0.2, -0.15) is 0 Å². The lowest BCUT2D eigenvalue weighted by Crippen LogP contribution is -2.35. The molecule has 0 bridgehead atoms. The number of amides is 2. The van der Waals surface area contributed by atoms with E-state index in [1.165, 1.54) is 4.90 Å². The van der Waals surface area contributed by atoms with E-state index in [0.29, 0.717) is 22.7 Å². The van der Waals surface area contributed by atoms with Gasteiger partial charge in [0, 0.05) is 23.7 Å². The predicted molar refractivity (Wildman–Crippen MR) is 99.0 cm³/mol. The molecule has 1 aromatic heterocycles. The van der Waals surface area contributed by atoms with Crippen molar-refractivity contribution in [1.29, 1.82) is 0 Å². The molecule has 0 atom stereocenters. The number of fused-ring (bicyclic) bond motifs is 2. The van der Waals surface area contributed by atoms with Gasteiger partial charge in [-0.1, -0.05) is 11.6 Å². The standard InChI is InChI=1S/C20H18N2O4/c1-11-4-6-16-14(8-11)12(2)19(26-16)20(24)21-13-5-7-17-15(9-13)22(3)18(23)10-25-17/h4-9H,10H2,1-3H3,(H,21,24).